The summed E-state index contributed by atoms with van der Waals surface area (Å²) in [5.41, 5.74) is 5.76. The van der Waals surface area contributed by atoms with Gasteiger partial charge in [-0.3, -0.25) is 4.98 Å². The van der Waals surface area contributed by atoms with Crippen LogP contribution in [-0.4, -0.2) is 20.1 Å². The molecule has 1 aliphatic heterocycles. The summed E-state index contributed by atoms with van der Waals surface area (Å²) >= 11 is 1.46. The highest BCUT2D eigenvalue weighted by atomic mass is 32.2. The van der Waals surface area contributed by atoms with Crippen LogP contribution in [0.1, 0.15) is 33.5 Å². The summed E-state index contributed by atoms with van der Waals surface area (Å²) in [6.07, 6.45) is 2.19. The largest absolute Gasteiger partial charge is 0.436 e. The van der Waals surface area contributed by atoms with Gasteiger partial charge in [-0.1, -0.05) is 42.5 Å². The molecule has 0 aliphatic carbocycles. The number of thioether (sulfide) groups is 1. The second-order valence-electron chi connectivity index (χ2n) is 7.94. The van der Waals surface area contributed by atoms with Gasteiger partial charge in [-0.25, -0.2) is 9.37 Å². The molecule has 0 saturated heterocycles. The fraction of sp³-hybridized carbons (Fsp3) is 0.192. The van der Waals surface area contributed by atoms with Gasteiger partial charge in [0.15, 0.2) is 11.6 Å². The van der Waals surface area contributed by atoms with E-state index >= 15 is 0 Å². The number of halogens is 1. The third-order valence-electron chi connectivity index (χ3n) is 5.77. The number of rotatable bonds is 5. The first-order chi connectivity index (χ1) is 16.0. The van der Waals surface area contributed by atoms with Crippen LogP contribution in [0.3, 0.4) is 0 Å². The maximum absolute atomic E-state index is 14.3. The second-order valence-corrected chi connectivity index (χ2v) is 8.91. The summed E-state index contributed by atoms with van der Waals surface area (Å²) in [6.45, 7) is 3.76. The van der Waals surface area contributed by atoms with Gasteiger partial charge in [0, 0.05) is 35.1 Å². The Hall–Kier alpha value is -3.29. The highest BCUT2D eigenvalue weighted by Gasteiger charge is 2.28. The van der Waals surface area contributed by atoms with E-state index in [1.54, 1.807) is 18.3 Å². The van der Waals surface area contributed by atoms with Gasteiger partial charge in [0.1, 0.15) is 10.8 Å². The SMILES string of the molecule is Cc1ccccc1-c1nc2c(c(SCc3ccccc3F)n1)Cc1c(CO)cnc(C)c1O2. The molecule has 0 fully saturated rings. The zero-order valence-corrected chi connectivity index (χ0v) is 19.1. The molecule has 2 aromatic carbocycles. The summed E-state index contributed by atoms with van der Waals surface area (Å²) in [6, 6.07) is 14.7. The van der Waals surface area contributed by atoms with E-state index in [0.717, 1.165) is 33.0 Å². The molecule has 4 aromatic rings. The van der Waals surface area contributed by atoms with Gasteiger partial charge < -0.3 is 9.84 Å². The fourth-order valence-corrected chi connectivity index (χ4v) is 4.93. The van der Waals surface area contributed by atoms with E-state index in [0.29, 0.717) is 40.8 Å². The van der Waals surface area contributed by atoms with Crippen molar-refractivity contribution in [1.82, 2.24) is 15.0 Å². The first-order valence-corrected chi connectivity index (χ1v) is 11.6. The molecule has 0 amide bonds. The molecule has 1 N–H and O–H groups in total. The first kappa shape index (κ1) is 21.6. The van der Waals surface area contributed by atoms with Gasteiger partial charge in [-0.05, 0) is 31.0 Å². The third kappa shape index (κ3) is 4.10. The molecular weight excluding hydrogens is 437 g/mol. The number of aliphatic hydroxyl groups excluding tert-OH is 1. The minimum atomic E-state index is -0.238. The Labute approximate surface area is 195 Å². The lowest BCUT2D eigenvalue weighted by atomic mass is 9.99. The van der Waals surface area contributed by atoms with Crippen molar-refractivity contribution in [1.29, 1.82) is 0 Å². The van der Waals surface area contributed by atoms with Crippen LogP contribution in [0.15, 0.2) is 59.8 Å². The van der Waals surface area contributed by atoms with Crippen molar-refractivity contribution in [2.24, 2.45) is 0 Å². The molecule has 7 heteroatoms. The van der Waals surface area contributed by atoms with Crippen LogP contribution >= 0.6 is 11.8 Å². The molecule has 0 atom stereocenters. The number of fused-ring (bicyclic) bond motifs is 2. The molecule has 2 aromatic heterocycles. The van der Waals surface area contributed by atoms with Crippen molar-refractivity contribution in [3.05, 3.63) is 94.1 Å². The number of nitrogens with zero attached hydrogens (tertiary/aromatic N) is 3. The lowest BCUT2D eigenvalue weighted by Crippen LogP contribution is -2.13. The van der Waals surface area contributed by atoms with Crippen molar-refractivity contribution >= 4 is 11.8 Å². The van der Waals surface area contributed by atoms with E-state index in [1.807, 2.05) is 44.2 Å². The predicted octanol–water partition coefficient (Wildman–Crippen LogP) is 5.78. The Bertz CT molecular complexity index is 1360. The Morgan fingerprint density at radius 3 is 2.58 bits per heavy atom. The highest BCUT2D eigenvalue weighted by Crippen LogP contribution is 2.43. The summed E-state index contributed by atoms with van der Waals surface area (Å²) in [5, 5.41) is 10.6. The van der Waals surface area contributed by atoms with E-state index in [1.165, 1.54) is 17.8 Å². The average molecular weight is 460 g/mol. The second kappa shape index (κ2) is 8.92. The smallest absolute Gasteiger partial charge is 0.227 e. The topological polar surface area (TPSA) is 68.1 Å². The van der Waals surface area contributed by atoms with Crippen molar-refractivity contribution in [3.63, 3.8) is 0 Å². The van der Waals surface area contributed by atoms with Gasteiger partial charge in [0.25, 0.3) is 0 Å². The molecule has 166 valence electrons. The van der Waals surface area contributed by atoms with Crippen LogP contribution < -0.4 is 4.74 Å². The van der Waals surface area contributed by atoms with Crippen LogP contribution in [0.4, 0.5) is 4.39 Å². The number of hydrogen-bond acceptors (Lipinski definition) is 6. The third-order valence-corrected chi connectivity index (χ3v) is 6.83. The van der Waals surface area contributed by atoms with E-state index in [-0.39, 0.29) is 12.4 Å². The molecule has 3 heterocycles. The Kier molecular flexibility index (Phi) is 5.83. The molecule has 0 spiro atoms. The molecule has 33 heavy (non-hydrogen) atoms. The van der Waals surface area contributed by atoms with Crippen molar-refractivity contribution in [2.45, 2.75) is 37.7 Å². The van der Waals surface area contributed by atoms with Gasteiger partial charge >= 0.3 is 0 Å². The lowest BCUT2D eigenvalue weighted by Gasteiger charge is -2.24. The predicted molar refractivity (Wildman–Crippen MR) is 126 cm³/mol. The zero-order valence-electron chi connectivity index (χ0n) is 18.3. The molecular formula is C26H22FN3O2S. The molecule has 0 saturated carbocycles. The Morgan fingerprint density at radius 1 is 1.00 bits per heavy atom. The standard InChI is InChI=1S/C26H22FN3O2S/c1-15-7-3-5-9-19(15)24-29-25-21(11-20-18(13-31)12-28-16(2)23(20)32-25)26(30-24)33-14-17-8-4-6-10-22(17)27/h3-10,12,31H,11,13-14H2,1-2H3. The first-order valence-electron chi connectivity index (χ1n) is 10.6. The zero-order chi connectivity index (χ0) is 22.9. The Balaban J connectivity index is 1.62. The average Bonchev–Trinajstić information content (AvgIpc) is 2.83. The number of hydrogen-bond donors (Lipinski definition) is 1. The van der Waals surface area contributed by atoms with E-state index in [9.17, 15) is 9.50 Å². The molecule has 0 unspecified atom stereocenters. The van der Waals surface area contributed by atoms with Crippen LogP contribution in [0.5, 0.6) is 11.6 Å². The highest BCUT2D eigenvalue weighted by molar-refractivity contribution is 7.98. The molecule has 1 aliphatic rings. The maximum atomic E-state index is 14.3. The van der Waals surface area contributed by atoms with E-state index < -0.39 is 0 Å². The number of ether oxygens (including phenoxy) is 1. The molecule has 5 rings (SSSR count). The van der Waals surface area contributed by atoms with Crippen LogP contribution in [0.25, 0.3) is 11.4 Å². The number of aliphatic hydroxyl groups is 1. The van der Waals surface area contributed by atoms with Crippen molar-refractivity contribution in [2.75, 3.05) is 0 Å². The van der Waals surface area contributed by atoms with E-state index in [4.69, 9.17) is 14.7 Å². The van der Waals surface area contributed by atoms with Gasteiger partial charge in [-0.15, -0.1) is 11.8 Å². The number of aromatic nitrogens is 3. The number of benzene rings is 2. The van der Waals surface area contributed by atoms with Gasteiger partial charge in [-0.2, -0.15) is 4.98 Å². The van der Waals surface area contributed by atoms with E-state index in [2.05, 4.69) is 4.98 Å². The monoisotopic (exact) mass is 459 g/mol. The summed E-state index contributed by atoms with van der Waals surface area (Å²) in [4.78, 5) is 14.0. The molecule has 5 nitrogen and oxygen atoms in total. The van der Waals surface area contributed by atoms with Crippen molar-refractivity contribution < 1.29 is 14.2 Å². The maximum Gasteiger partial charge on any atom is 0.227 e. The van der Waals surface area contributed by atoms with Crippen molar-refractivity contribution in [3.8, 4) is 23.0 Å². The van der Waals surface area contributed by atoms with Crippen LogP contribution in [0, 0.1) is 19.7 Å². The quantitative estimate of drug-likeness (QED) is 0.266. The van der Waals surface area contributed by atoms with Crippen LogP contribution in [0.2, 0.25) is 0 Å². The summed E-state index contributed by atoms with van der Waals surface area (Å²) in [7, 11) is 0. The number of pyridine rings is 1. The van der Waals surface area contributed by atoms with Gasteiger partial charge in [0.2, 0.25) is 5.88 Å². The fourth-order valence-electron chi connectivity index (χ4n) is 3.92. The number of aryl methyl sites for hydroxylation is 2. The molecule has 0 bridgehead atoms. The van der Waals surface area contributed by atoms with Crippen LogP contribution in [-0.2, 0) is 18.8 Å². The normalized spacial score (nSPS) is 12.1. The minimum absolute atomic E-state index is 0.131. The minimum Gasteiger partial charge on any atom is -0.436 e. The summed E-state index contributed by atoms with van der Waals surface area (Å²) in [5.74, 6) is 1.87. The lowest BCUT2D eigenvalue weighted by molar-refractivity contribution is 0.278. The molecule has 0 radical (unpaired) electrons. The summed E-state index contributed by atoms with van der Waals surface area (Å²) < 4.78 is 20.5. The van der Waals surface area contributed by atoms with Gasteiger partial charge in [0.05, 0.1) is 17.9 Å². The Morgan fingerprint density at radius 2 is 1.79 bits per heavy atom.